The van der Waals surface area contributed by atoms with Gasteiger partial charge in [0.1, 0.15) is 17.0 Å². The molecule has 1 N–H and O–H groups in total. The number of hydrogen-bond donors (Lipinski definition) is 1. The second kappa shape index (κ2) is 10.9. The summed E-state index contributed by atoms with van der Waals surface area (Å²) in [5.74, 6) is 8.35. The van der Waals surface area contributed by atoms with E-state index >= 15 is 0 Å². The van der Waals surface area contributed by atoms with Gasteiger partial charge in [-0.3, -0.25) is 0 Å². The van der Waals surface area contributed by atoms with E-state index in [2.05, 4.69) is 32.2 Å². The smallest absolute Gasteiger partial charge is 0.408 e. The standard InChI is InChI=1S/C27H35N5O5S/c1-26(2,3)37-25(34)29-27(4,17-18-13-11-10-12-14-18)24-31-30-22(36-24)19-15-20(23(33)35-6)28-21(16-19)32(5)38(7,8)9/h10-16H,7-8,17H2,1-6,9H3,(H,29,34). The summed E-state index contributed by atoms with van der Waals surface area (Å²) in [4.78, 5) is 29.6. The van der Waals surface area contributed by atoms with Gasteiger partial charge >= 0.3 is 12.1 Å². The summed E-state index contributed by atoms with van der Waals surface area (Å²) < 4.78 is 18.3. The van der Waals surface area contributed by atoms with E-state index in [4.69, 9.17) is 13.9 Å². The third-order valence-corrected chi connectivity index (χ3v) is 7.02. The lowest BCUT2D eigenvalue weighted by molar-refractivity contribution is 0.0443. The molecule has 1 aromatic carbocycles. The van der Waals surface area contributed by atoms with Crippen LogP contribution >= 0.6 is 9.39 Å². The number of amides is 1. The molecule has 204 valence electrons. The molecule has 2 aromatic heterocycles. The Morgan fingerprint density at radius 3 is 2.34 bits per heavy atom. The molecule has 0 aliphatic carbocycles. The first-order valence-electron chi connectivity index (χ1n) is 11.8. The zero-order valence-corrected chi connectivity index (χ0v) is 23.7. The van der Waals surface area contributed by atoms with Crippen LogP contribution in [0.1, 0.15) is 49.6 Å². The lowest BCUT2D eigenvalue weighted by atomic mass is 9.92. The third-order valence-electron chi connectivity index (χ3n) is 5.51. The number of rotatable bonds is 8. The molecule has 0 saturated heterocycles. The number of esters is 1. The molecule has 3 aromatic rings. The fraction of sp³-hybridized carbons (Fsp3) is 0.370. The highest BCUT2D eigenvalue weighted by Crippen LogP contribution is 2.32. The minimum Gasteiger partial charge on any atom is -0.464 e. The van der Waals surface area contributed by atoms with Gasteiger partial charge < -0.3 is 23.5 Å². The first kappa shape index (κ1) is 28.7. The molecule has 2 heterocycles. The Hall–Kier alpha value is -3.86. The SMILES string of the molecule is C=S(=C)(C)N(C)c1cc(-c2nnc(C(C)(Cc3ccccc3)NC(=O)OC(C)(C)C)o2)cc(C(=O)OC)n1. The van der Waals surface area contributed by atoms with Crippen LogP contribution in [0.5, 0.6) is 0 Å². The molecule has 3 rings (SSSR count). The molecule has 1 amide bonds. The molecule has 11 heteroatoms. The van der Waals surface area contributed by atoms with Crippen LogP contribution in [0.3, 0.4) is 0 Å². The van der Waals surface area contributed by atoms with Crippen LogP contribution < -0.4 is 9.62 Å². The van der Waals surface area contributed by atoms with Crippen molar-refractivity contribution < 1.29 is 23.5 Å². The van der Waals surface area contributed by atoms with Crippen LogP contribution in [0.2, 0.25) is 0 Å². The number of anilines is 1. The number of nitrogens with zero attached hydrogens (tertiary/aromatic N) is 4. The van der Waals surface area contributed by atoms with E-state index in [1.165, 1.54) is 13.2 Å². The maximum absolute atomic E-state index is 12.8. The van der Waals surface area contributed by atoms with Crippen molar-refractivity contribution in [2.45, 2.75) is 45.3 Å². The number of alkyl carbamates (subject to hydrolysis) is 1. The number of hydrogen-bond acceptors (Lipinski definition) is 9. The predicted molar refractivity (Wildman–Crippen MR) is 152 cm³/mol. The molecule has 0 fully saturated rings. The van der Waals surface area contributed by atoms with Gasteiger partial charge in [0.15, 0.2) is 5.69 Å². The van der Waals surface area contributed by atoms with Gasteiger partial charge in [0.05, 0.1) is 7.11 Å². The fourth-order valence-corrected chi connectivity index (χ4v) is 4.05. The molecule has 0 aliphatic heterocycles. The zero-order valence-electron chi connectivity index (χ0n) is 22.9. The van der Waals surface area contributed by atoms with Gasteiger partial charge in [-0.1, -0.05) is 42.1 Å². The maximum atomic E-state index is 12.8. The summed E-state index contributed by atoms with van der Waals surface area (Å²) in [5.41, 5.74) is -0.339. The number of nitrogens with one attached hydrogen (secondary N) is 1. The molecule has 0 aliphatic rings. The molecule has 1 atom stereocenters. The van der Waals surface area contributed by atoms with Crippen LogP contribution in [0.4, 0.5) is 10.6 Å². The number of carbonyl (C=O) groups excluding carboxylic acids is 2. The van der Waals surface area contributed by atoms with Gasteiger partial charge in [0.25, 0.3) is 0 Å². The van der Waals surface area contributed by atoms with Gasteiger partial charge in [0.2, 0.25) is 11.8 Å². The maximum Gasteiger partial charge on any atom is 0.408 e. The Kier molecular flexibility index (Phi) is 8.21. The van der Waals surface area contributed by atoms with Gasteiger partial charge in [-0.25, -0.2) is 14.6 Å². The van der Waals surface area contributed by atoms with Crippen molar-refractivity contribution in [1.29, 1.82) is 0 Å². The van der Waals surface area contributed by atoms with Crippen molar-refractivity contribution >= 4 is 39.0 Å². The van der Waals surface area contributed by atoms with E-state index in [0.29, 0.717) is 17.8 Å². The summed E-state index contributed by atoms with van der Waals surface area (Å²) >= 11 is 0. The van der Waals surface area contributed by atoms with Crippen molar-refractivity contribution in [2.75, 3.05) is 24.7 Å². The molecule has 38 heavy (non-hydrogen) atoms. The second-order valence-electron chi connectivity index (χ2n) is 10.3. The molecule has 1 unspecified atom stereocenters. The summed E-state index contributed by atoms with van der Waals surface area (Å²) in [6, 6.07) is 12.8. The molecule has 0 radical (unpaired) electrons. The van der Waals surface area contributed by atoms with Crippen molar-refractivity contribution in [1.82, 2.24) is 20.5 Å². The molecule has 0 saturated carbocycles. The predicted octanol–water partition coefficient (Wildman–Crippen LogP) is 4.55. The number of pyridine rings is 1. The Bertz CT molecular complexity index is 1410. The van der Waals surface area contributed by atoms with E-state index in [1.807, 2.05) is 36.6 Å². The van der Waals surface area contributed by atoms with Crippen molar-refractivity contribution in [3.05, 3.63) is 59.6 Å². The van der Waals surface area contributed by atoms with Crippen molar-refractivity contribution in [2.24, 2.45) is 0 Å². The Labute approximate surface area is 224 Å². The third kappa shape index (κ3) is 7.12. The molecular weight excluding hydrogens is 506 g/mol. The number of aromatic nitrogens is 3. The summed E-state index contributed by atoms with van der Waals surface area (Å²) in [6.45, 7) is 7.14. The highest BCUT2D eigenvalue weighted by Gasteiger charge is 2.37. The molecule has 0 spiro atoms. The Balaban J connectivity index is 2.07. The van der Waals surface area contributed by atoms with Crippen LogP contribution in [0, 0.1) is 0 Å². The van der Waals surface area contributed by atoms with E-state index in [0.717, 1.165) is 5.56 Å². The summed E-state index contributed by atoms with van der Waals surface area (Å²) in [5, 5.41) is 11.4. The van der Waals surface area contributed by atoms with Gasteiger partial charge in [-0.15, -0.1) is 19.6 Å². The average Bonchev–Trinajstić information content (AvgIpc) is 3.33. The van der Waals surface area contributed by atoms with Crippen molar-refractivity contribution in [3.63, 3.8) is 0 Å². The highest BCUT2D eigenvalue weighted by molar-refractivity contribution is 8.28. The van der Waals surface area contributed by atoms with Crippen molar-refractivity contribution in [3.8, 4) is 11.5 Å². The molecule has 10 nitrogen and oxygen atoms in total. The largest absolute Gasteiger partial charge is 0.464 e. The van der Waals surface area contributed by atoms with Crippen LogP contribution in [0.25, 0.3) is 11.5 Å². The highest BCUT2D eigenvalue weighted by atomic mass is 32.2. The quantitative estimate of drug-likeness (QED) is 0.323. The minimum absolute atomic E-state index is 0.0641. The molecule has 0 bridgehead atoms. The summed E-state index contributed by atoms with van der Waals surface area (Å²) in [7, 11) is 1.38. The van der Waals surface area contributed by atoms with Crippen LogP contribution in [0.15, 0.2) is 46.9 Å². The number of benzene rings is 1. The lowest BCUT2D eigenvalue weighted by Gasteiger charge is -2.29. The van der Waals surface area contributed by atoms with E-state index in [-0.39, 0.29) is 17.5 Å². The van der Waals surface area contributed by atoms with Crippen LogP contribution in [-0.2, 0) is 21.4 Å². The van der Waals surface area contributed by atoms with E-state index < -0.39 is 32.6 Å². The minimum atomic E-state index is -1.69. The Morgan fingerprint density at radius 2 is 1.76 bits per heavy atom. The zero-order chi connectivity index (χ0) is 28.3. The van der Waals surface area contributed by atoms with Gasteiger partial charge in [-0.05, 0) is 51.6 Å². The van der Waals surface area contributed by atoms with Gasteiger partial charge in [-0.2, -0.15) is 0 Å². The normalized spacial score (nSPS) is 13.3. The first-order chi connectivity index (χ1) is 17.6. The molecular formula is C27H35N5O5S. The Morgan fingerprint density at radius 1 is 1.11 bits per heavy atom. The van der Waals surface area contributed by atoms with E-state index in [1.54, 1.807) is 45.1 Å². The number of methoxy groups -OCH3 is 1. The topological polar surface area (TPSA) is 120 Å². The number of carbonyl (C=O) groups is 2. The monoisotopic (exact) mass is 541 g/mol. The number of ether oxygens (including phenoxy) is 2. The van der Waals surface area contributed by atoms with E-state index in [9.17, 15) is 9.59 Å². The lowest BCUT2D eigenvalue weighted by Crippen LogP contribution is -2.47. The summed E-state index contributed by atoms with van der Waals surface area (Å²) in [6.07, 6.45) is 1.63. The fourth-order valence-electron chi connectivity index (χ4n) is 3.50. The van der Waals surface area contributed by atoms with Crippen LogP contribution in [-0.4, -0.2) is 65.0 Å². The van der Waals surface area contributed by atoms with Gasteiger partial charge in [0, 0.05) is 19.0 Å². The average molecular weight is 542 g/mol. The second-order valence-corrected chi connectivity index (χ2v) is 13.3. The first-order valence-corrected chi connectivity index (χ1v) is 14.1.